The average Bonchev–Trinajstić information content (AvgIpc) is 2.96. The number of rotatable bonds is 7. The van der Waals surface area contributed by atoms with Crippen LogP contribution in [0.1, 0.15) is 44.2 Å². The zero-order valence-electron chi connectivity index (χ0n) is 12.0. The Morgan fingerprint density at radius 2 is 1.89 bits per heavy atom. The topological polar surface area (TPSA) is 38.5 Å². The van der Waals surface area contributed by atoms with Gasteiger partial charge in [0.05, 0.1) is 6.61 Å². The van der Waals surface area contributed by atoms with Gasteiger partial charge >= 0.3 is 0 Å². The van der Waals surface area contributed by atoms with Gasteiger partial charge in [0.2, 0.25) is 0 Å². The van der Waals surface area contributed by atoms with Gasteiger partial charge in [-0.2, -0.15) is 0 Å². The van der Waals surface area contributed by atoms with Crippen LogP contribution in [-0.4, -0.2) is 31.1 Å². The Kier molecular flexibility index (Phi) is 5.67. The van der Waals surface area contributed by atoms with Gasteiger partial charge in [-0.15, -0.1) is 0 Å². The summed E-state index contributed by atoms with van der Waals surface area (Å²) in [6.45, 7) is 6.61. The Balaban J connectivity index is 1.67. The minimum Gasteiger partial charge on any atom is -0.494 e. The van der Waals surface area contributed by atoms with Gasteiger partial charge in [-0.25, -0.2) is 0 Å². The Labute approximate surface area is 116 Å². The minimum absolute atomic E-state index is 0.143. The first-order valence-corrected chi connectivity index (χ1v) is 7.50. The van der Waals surface area contributed by atoms with E-state index in [-0.39, 0.29) is 6.04 Å². The molecule has 1 aromatic rings. The maximum absolute atomic E-state index is 5.99. The molecule has 0 bridgehead atoms. The van der Waals surface area contributed by atoms with Crippen LogP contribution < -0.4 is 10.5 Å². The molecule has 2 N–H and O–H groups in total. The van der Waals surface area contributed by atoms with Crippen LogP contribution in [0.2, 0.25) is 0 Å². The number of likely N-dealkylation sites (tertiary alicyclic amines) is 1. The van der Waals surface area contributed by atoms with Crippen molar-refractivity contribution in [1.82, 2.24) is 4.90 Å². The van der Waals surface area contributed by atoms with Gasteiger partial charge in [-0.3, -0.25) is 0 Å². The fourth-order valence-corrected chi connectivity index (χ4v) is 2.53. The molecule has 0 amide bonds. The summed E-state index contributed by atoms with van der Waals surface area (Å²) in [4.78, 5) is 2.52. The molecule has 1 aliphatic rings. The van der Waals surface area contributed by atoms with Gasteiger partial charge in [0.25, 0.3) is 0 Å². The van der Waals surface area contributed by atoms with E-state index >= 15 is 0 Å². The first-order valence-electron chi connectivity index (χ1n) is 7.50. The lowest BCUT2D eigenvalue weighted by molar-refractivity contribution is 0.263. The van der Waals surface area contributed by atoms with Crippen LogP contribution in [0.3, 0.4) is 0 Å². The molecular formula is C16H26N2O. The van der Waals surface area contributed by atoms with E-state index in [0.29, 0.717) is 0 Å². The first-order chi connectivity index (χ1) is 9.29. The summed E-state index contributed by atoms with van der Waals surface area (Å²) in [5.74, 6) is 0.952. The van der Waals surface area contributed by atoms with Crippen LogP contribution >= 0.6 is 0 Å². The van der Waals surface area contributed by atoms with Gasteiger partial charge in [0.15, 0.2) is 0 Å². The number of benzene rings is 1. The number of nitrogens with two attached hydrogens (primary N) is 1. The molecule has 1 aromatic carbocycles. The molecule has 3 heteroatoms. The SMILES string of the molecule is CC[C@@H](N)c1ccc(OCCCN2CCCC2)cc1. The predicted molar refractivity (Wildman–Crippen MR) is 79.4 cm³/mol. The summed E-state index contributed by atoms with van der Waals surface area (Å²) in [6, 6.07) is 8.35. The average molecular weight is 262 g/mol. The molecular weight excluding hydrogens is 236 g/mol. The Bertz CT molecular complexity index is 358. The number of ether oxygens (including phenoxy) is 1. The van der Waals surface area contributed by atoms with Crippen molar-refractivity contribution in [1.29, 1.82) is 0 Å². The summed E-state index contributed by atoms with van der Waals surface area (Å²) in [5, 5.41) is 0. The van der Waals surface area contributed by atoms with Gasteiger partial charge < -0.3 is 15.4 Å². The van der Waals surface area contributed by atoms with E-state index in [9.17, 15) is 0 Å². The fraction of sp³-hybridized carbons (Fsp3) is 0.625. The minimum atomic E-state index is 0.143. The standard InChI is InChI=1S/C16H26N2O/c1-2-16(17)14-6-8-15(9-7-14)19-13-5-12-18-10-3-4-11-18/h6-9,16H,2-5,10-13,17H2,1H3/t16-/m1/s1. The lowest BCUT2D eigenvalue weighted by Gasteiger charge is -2.15. The quantitative estimate of drug-likeness (QED) is 0.768. The van der Waals surface area contributed by atoms with Crippen molar-refractivity contribution >= 4 is 0 Å². The molecule has 0 radical (unpaired) electrons. The van der Waals surface area contributed by atoms with E-state index in [1.54, 1.807) is 0 Å². The molecule has 1 aliphatic heterocycles. The third-order valence-electron chi connectivity index (χ3n) is 3.83. The van der Waals surface area contributed by atoms with Crippen molar-refractivity contribution in [3.63, 3.8) is 0 Å². The molecule has 19 heavy (non-hydrogen) atoms. The van der Waals surface area contributed by atoms with E-state index in [4.69, 9.17) is 10.5 Å². The van der Waals surface area contributed by atoms with Crippen molar-refractivity contribution < 1.29 is 4.74 Å². The van der Waals surface area contributed by atoms with Crippen LogP contribution in [-0.2, 0) is 0 Å². The lowest BCUT2D eigenvalue weighted by atomic mass is 10.1. The van der Waals surface area contributed by atoms with Crippen molar-refractivity contribution in [2.24, 2.45) is 5.73 Å². The highest BCUT2D eigenvalue weighted by atomic mass is 16.5. The highest BCUT2D eigenvalue weighted by Crippen LogP contribution is 2.18. The monoisotopic (exact) mass is 262 g/mol. The molecule has 1 atom stereocenters. The molecule has 0 saturated carbocycles. The Hall–Kier alpha value is -1.06. The molecule has 1 heterocycles. The smallest absolute Gasteiger partial charge is 0.119 e. The largest absolute Gasteiger partial charge is 0.494 e. The van der Waals surface area contributed by atoms with Gasteiger partial charge in [-0.1, -0.05) is 19.1 Å². The Morgan fingerprint density at radius 1 is 1.21 bits per heavy atom. The van der Waals surface area contributed by atoms with Crippen LogP contribution in [0.25, 0.3) is 0 Å². The molecule has 3 nitrogen and oxygen atoms in total. The van der Waals surface area contributed by atoms with E-state index in [0.717, 1.165) is 25.2 Å². The summed E-state index contributed by atoms with van der Waals surface area (Å²) in [7, 11) is 0. The normalized spacial score (nSPS) is 17.6. The summed E-state index contributed by atoms with van der Waals surface area (Å²) in [5.41, 5.74) is 7.18. The highest BCUT2D eigenvalue weighted by Gasteiger charge is 2.10. The van der Waals surface area contributed by atoms with Crippen LogP contribution in [0.15, 0.2) is 24.3 Å². The van der Waals surface area contributed by atoms with Gasteiger partial charge in [0.1, 0.15) is 5.75 Å². The second kappa shape index (κ2) is 7.51. The van der Waals surface area contributed by atoms with E-state index in [2.05, 4.69) is 24.0 Å². The molecule has 0 spiro atoms. The molecule has 2 rings (SSSR count). The van der Waals surface area contributed by atoms with E-state index < -0.39 is 0 Å². The zero-order chi connectivity index (χ0) is 13.5. The van der Waals surface area contributed by atoms with Gasteiger partial charge in [0, 0.05) is 12.6 Å². The highest BCUT2D eigenvalue weighted by molar-refractivity contribution is 5.28. The fourth-order valence-electron chi connectivity index (χ4n) is 2.53. The summed E-state index contributed by atoms with van der Waals surface area (Å²) in [6.07, 6.45) is 4.80. The summed E-state index contributed by atoms with van der Waals surface area (Å²) >= 11 is 0. The molecule has 0 unspecified atom stereocenters. The van der Waals surface area contributed by atoms with E-state index in [1.165, 1.54) is 38.0 Å². The van der Waals surface area contributed by atoms with Crippen molar-refractivity contribution in [2.45, 2.75) is 38.6 Å². The molecule has 0 aliphatic carbocycles. The maximum Gasteiger partial charge on any atom is 0.119 e. The number of hydrogen-bond donors (Lipinski definition) is 1. The lowest BCUT2D eigenvalue weighted by Crippen LogP contribution is -2.21. The first kappa shape index (κ1) is 14.4. The van der Waals surface area contributed by atoms with Crippen LogP contribution in [0.5, 0.6) is 5.75 Å². The van der Waals surface area contributed by atoms with Crippen molar-refractivity contribution in [3.8, 4) is 5.75 Å². The zero-order valence-corrected chi connectivity index (χ0v) is 12.0. The van der Waals surface area contributed by atoms with Crippen LogP contribution in [0, 0.1) is 0 Å². The summed E-state index contributed by atoms with van der Waals surface area (Å²) < 4.78 is 5.77. The second-order valence-electron chi connectivity index (χ2n) is 5.33. The second-order valence-corrected chi connectivity index (χ2v) is 5.33. The predicted octanol–water partition coefficient (Wildman–Crippen LogP) is 2.96. The third kappa shape index (κ3) is 4.51. The maximum atomic E-state index is 5.99. The van der Waals surface area contributed by atoms with Crippen LogP contribution in [0.4, 0.5) is 0 Å². The number of hydrogen-bond acceptors (Lipinski definition) is 3. The van der Waals surface area contributed by atoms with E-state index in [1.807, 2.05) is 12.1 Å². The molecule has 1 saturated heterocycles. The molecule has 0 aromatic heterocycles. The third-order valence-corrected chi connectivity index (χ3v) is 3.83. The molecule has 1 fully saturated rings. The van der Waals surface area contributed by atoms with Crippen molar-refractivity contribution in [3.05, 3.63) is 29.8 Å². The Morgan fingerprint density at radius 3 is 2.53 bits per heavy atom. The van der Waals surface area contributed by atoms with Gasteiger partial charge in [-0.05, 0) is 56.5 Å². The molecule has 106 valence electrons. The van der Waals surface area contributed by atoms with Crippen molar-refractivity contribution in [2.75, 3.05) is 26.2 Å². The number of nitrogens with zero attached hydrogens (tertiary/aromatic N) is 1.